The Kier molecular flexibility index (Phi) is 4.33. The molecule has 1 aliphatic carbocycles. The van der Waals surface area contributed by atoms with E-state index in [9.17, 15) is 8.78 Å². The summed E-state index contributed by atoms with van der Waals surface area (Å²) in [6.07, 6.45) is 2.78. The van der Waals surface area contributed by atoms with Crippen LogP contribution in [0.5, 0.6) is 0 Å². The van der Waals surface area contributed by atoms with Gasteiger partial charge in [-0.15, -0.1) is 0 Å². The van der Waals surface area contributed by atoms with Crippen LogP contribution in [0.15, 0.2) is 17.1 Å². The van der Waals surface area contributed by atoms with E-state index in [2.05, 4.69) is 9.88 Å². The first-order chi connectivity index (χ1) is 11.7. The van der Waals surface area contributed by atoms with Crippen molar-refractivity contribution in [3.05, 3.63) is 35.0 Å². The smallest absolute Gasteiger partial charge is 0.160 e. The highest BCUT2D eigenvalue weighted by Crippen LogP contribution is 2.30. The summed E-state index contributed by atoms with van der Waals surface area (Å²) in [5.41, 5.74) is 3.71. The maximum Gasteiger partial charge on any atom is 0.160 e. The molecule has 1 saturated heterocycles. The fraction of sp³-hybridized carbons (Fsp3) is 0.500. The first kappa shape index (κ1) is 15.7. The molecule has 1 aliphatic heterocycles. The highest BCUT2D eigenvalue weighted by molar-refractivity contribution is 6.06. The zero-order valence-electron chi connectivity index (χ0n) is 13.6. The molecule has 4 nitrogen and oxygen atoms in total. The Morgan fingerprint density at radius 1 is 1.12 bits per heavy atom. The van der Waals surface area contributed by atoms with Gasteiger partial charge in [0, 0.05) is 36.6 Å². The molecule has 2 aromatic rings. The van der Waals surface area contributed by atoms with Gasteiger partial charge in [-0.05, 0) is 30.9 Å². The van der Waals surface area contributed by atoms with Crippen molar-refractivity contribution >= 4 is 16.6 Å². The molecule has 6 heteroatoms. The van der Waals surface area contributed by atoms with Crippen LogP contribution in [0.2, 0.25) is 0 Å². The maximum absolute atomic E-state index is 13.6. The number of rotatable bonds is 3. The number of morpholine rings is 1. The molecule has 0 spiro atoms. The third kappa shape index (κ3) is 2.96. The molecule has 4 rings (SSSR count). The van der Waals surface area contributed by atoms with Crippen LogP contribution in [0.4, 0.5) is 8.78 Å². The lowest BCUT2D eigenvalue weighted by Crippen LogP contribution is -2.37. The molecule has 128 valence electrons. The molecule has 2 heterocycles. The number of aryl methyl sites for hydroxylation is 1. The molecular formula is C18H21F2N3O. The second-order valence-corrected chi connectivity index (χ2v) is 6.43. The van der Waals surface area contributed by atoms with Gasteiger partial charge in [-0.3, -0.25) is 9.89 Å². The normalized spacial score (nSPS) is 20.7. The van der Waals surface area contributed by atoms with E-state index in [0.29, 0.717) is 5.52 Å². The Bertz CT molecular complexity index is 778. The van der Waals surface area contributed by atoms with E-state index >= 15 is 0 Å². The molecule has 0 bridgehead atoms. The van der Waals surface area contributed by atoms with Crippen molar-refractivity contribution < 1.29 is 13.5 Å². The Hall–Kier alpha value is -1.79. The Balaban J connectivity index is 1.57. The van der Waals surface area contributed by atoms with E-state index in [0.717, 1.165) is 81.0 Å². The summed E-state index contributed by atoms with van der Waals surface area (Å²) in [6, 6.07) is 2.55. The van der Waals surface area contributed by atoms with Crippen LogP contribution < -0.4 is 0 Å². The summed E-state index contributed by atoms with van der Waals surface area (Å²) in [7, 11) is 0. The number of nitrogens with zero attached hydrogens (tertiary/aromatic N) is 2. The fourth-order valence-corrected chi connectivity index (χ4v) is 3.62. The maximum atomic E-state index is 13.6. The monoisotopic (exact) mass is 333 g/mol. The van der Waals surface area contributed by atoms with E-state index < -0.39 is 11.6 Å². The number of fused-ring (bicyclic) bond motifs is 3. The zero-order chi connectivity index (χ0) is 16.5. The number of ether oxygens (including phenoxy) is 1. The van der Waals surface area contributed by atoms with Gasteiger partial charge in [0.15, 0.2) is 11.6 Å². The molecule has 1 aromatic heterocycles. The van der Waals surface area contributed by atoms with Gasteiger partial charge in [0.2, 0.25) is 0 Å². The van der Waals surface area contributed by atoms with Gasteiger partial charge in [0.1, 0.15) is 0 Å². The number of nitrogens with one attached hydrogen (secondary N) is 1. The molecule has 0 amide bonds. The molecule has 1 fully saturated rings. The van der Waals surface area contributed by atoms with Gasteiger partial charge < -0.3 is 9.72 Å². The minimum absolute atomic E-state index is 0.654. The molecule has 1 aromatic carbocycles. The summed E-state index contributed by atoms with van der Waals surface area (Å²) in [6.45, 7) is 5.17. The molecule has 0 atom stereocenters. The molecule has 0 unspecified atom stereocenters. The fourth-order valence-electron chi connectivity index (χ4n) is 3.62. The Morgan fingerprint density at radius 3 is 2.75 bits per heavy atom. The van der Waals surface area contributed by atoms with Gasteiger partial charge in [-0.1, -0.05) is 0 Å². The summed E-state index contributed by atoms with van der Waals surface area (Å²) in [5, 5.41) is 0.782. The molecule has 2 aliphatic rings. The summed E-state index contributed by atoms with van der Waals surface area (Å²) in [4.78, 5) is 10.4. The average molecular weight is 333 g/mol. The van der Waals surface area contributed by atoms with Crippen molar-refractivity contribution in [2.24, 2.45) is 4.99 Å². The first-order valence-electron chi connectivity index (χ1n) is 8.56. The average Bonchev–Trinajstić information content (AvgIpc) is 2.95. The third-order valence-electron chi connectivity index (χ3n) is 4.90. The molecule has 24 heavy (non-hydrogen) atoms. The van der Waals surface area contributed by atoms with Crippen molar-refractivity contribution in [2.45, 2.75) is 19.3 Å². The van der Waals surface area contributed by atoms with Gasteiger partial charge >= 0.3 is 0 Å². The topological polar surface area (TPSA) is 40.6 Å². The number of benzene rings is 1. The Labute approximate surface area is 139 Å². The van der Waals surface area contributed by atoms with Crippen LogP contribution in [0.3, 0.4) is 0 Å². The van der Waals surface area contributed by atoms with Crippen LogP contribution in [0.25, 0.3) is 10.9 Å². The van der Waals surface area contributed by atoms with Crippen molar-refractivity contribution in [2.75, 3.05) is 39.4 Å². The molecule has 0 radical (unpaired) electrons. The van der Waals surface area contributed by atoms with Crippen molar-refractivity contribution in [3.8, 4) is 0 Å². The number of hydrogen-bond donors (Lipinski definition) is 1. The van der Waals surface area contributed by atoms with Gasteiger partial charge in [-0.25, -0.2) is 8.78 Å². The standard InChI is InChI=1S/C18H21F2N3O/c19-14-10-13-12-2-1-3-16(18(12)22-17(13)11-15(14)20)21-4-5-23-6-8-24-9-7-23/h10-11,22H,1-9H2/b21-16+. The minimum Gasteiger partial charge on any atom is -0.379 e. The van der Waals surface area contributed by atoms with Gasteiger partial charge in [0.25, 0.3) is 0 Å². The SMILES string of the molecule is Fc1cc2[nH]c3c(c2cc1F)CCC/C3=N\CCN1CCOCC1. The van der Waals surface area contributed by atoms with Crippen LogP contribution in [0, 0.1) is 11.6 Å². The predicted octanol–water partition coefficient (Wildman–Crippen LogP) is 2.90. The quantitative estimate of drug-likeness (QED) is 0.938. The van der Waals surface area contributed by atoms with Crippen LogP contribution >= 0.6 is 0 Å². The second-order valence-electron chi connectivity index (χ2n) is 6.43. The van der Waals surface area contributed by atoms with Crippen LogP contribution in [-0.2, 0) is 11.2 Å². The number of aromatic amines is 1. The van der Waals surface area contributed by atoms with E-state index in [1.165, 1.54) is 12.1 Å². The summed E-state index contributed by atoms with van der Waals surface area (Å²) >= 11 is 0. The molecular weight excluding hydrogens is 312 g/mol. The summed E-state index contributed by atoms with van der Waals surface area (Å²) in [5.74, 6) is -1.60. The highest BCUT2D eigenvalue weighted by atomic mass is 19.2. The molecule has 1 N–H and O–H groups in total. The largest absolute Gasteiger partial charge is 0.379 e. The lowest BCUT2D eigenvalue weighted by Gasteiger charge is -2.26. The van der Waals surface area contributed by atoms with Crippen LogP contribution in [0.1, 0.15) is 24.1 Å². The minimum atomic E-state index is -0.813. The van der Waals surface area contributed by atoms with E-state index in [1.807, 2.05) is 0 Å². The lowest BCUT2D eigenvalue weighted by atomic mass is 9.94. The number of hydrogen-bond acceptors (Lipinski definition) is 3. The van der Waals surface area contributed by atoms with Gasteiger partial charge in [0.05, 0.1) is 31.2 Å². The number of H-pyrrole nitrogens is 1. The van der Waals surface area contributed by atoms with E-state index in [1.54, 1.807) is 0 Å². The lowest BCUT2D eigenvalue weighted by molar-refractivity contribution is 0.0394. The first-order valence-corrected chi connectivity index (χ1v) is 8.56. The van der Waals surface area contributed by atoms with E-state index in [-0.39, 0.29) is 0 Å². The van der Waals surface area contributed by atoms with Crippen molar-refractivity contribution in [1.82, 2.24) is 9.88 Å². The predicted molar refractivity (Wildman–Crippen MR) is 89.8 cm³/mol. The van der Waals surface area contributed by atoms with Crippen molar-refractivity contribution in [3.63, 3.8) is 0 Å². The second kappa shape index (κ2) is 6.61. The number of aliphatic imine (C=N–C) groups is 1. The summed E-state index contributed by atoms with van der Waals surface area (Å²) < 4.78 is 32.4. The van der Waals surface area contributed by atoms with Crippen LogP contribution in [-0.4, -0.2) is 55.0 Å². The van der Waals surface area contributed by atoms with Gasteiger partial charge in [-0.2, -0.15) is 0 Å². The van der Waals surface area contributed by atoms with Crippen molar-refractivity contribution in [1.29, 1.82) is 0 Å². The molecule has 0 saturated carbocycles. The Morgan fingerprint density at radius 2 is 1.92 bits per heavy atom. The third-order valence-corrected chi connectivity index (χ3v) is 4.90. The highest BCUT2D eigenvalue weighted by Gasteiger charge is 2.22. The van der Waals surface area contributed by atoms with E-state index in [4.69, 9.17) is 9.73 Å². The zero-order valence-corrected chi connectivity index (χ0v) is 13.6. The number of aromatic nitrogens is 1. The number of halogens is 2.